The molecule has 1 amide bonds. The molecule has 2 aromatic heterocycles. The van der Waals surface area contributed by atoms with Gasteiger partial charge in [-0.2, -0.15) is 13.2 Å². The minimum Gasteiger partial charge on any atom is -0.343 e. The molecule has 3 heterocycles. The number of rotatable bonds is 8. The van der Waals surface area contributed by atoms with E-state index < -0.39 is 11.7 Å². The fourth-order valence-corrected chi connectivity index (χ4v) is 4.98. The number of anilines is 2. The summed E-state index contributed by atoms with van der Waals surface area (Å²) in [5.41, 5.74) is 3.52. The first kappa shape index (κ1) is 29.3. The molecule has 40 heavy (non-hydrogen) atoms. The van der Waals surface area contributed by atoms with E-state index in [4.69, 9.17) is 0 Å². The van der Waals surface area contributed by atoms with E-state index in [0.29, 0.717) is 18.2 Å². The molecule has 1 aliphatic rings. The van der Waals surface area contributed by atoms with Crippen molar-refractivity contribution >= 4 is 23.4 Å². The number of benzene rings is 1. The molecule has 1 aliphatic heterocycles. The molecule has 1 aromatic carbocycles. The van der Waals surface area contributed by atoms with Gasteiger partial charge in [-0.1, -0.05) is 12.1 Å². The topological polar surface area (TPSA) is 52.6 Å². The normalized spacial score (nSPS) is 15.1. The zero-order valence-electron chi connectivity index (χ0n) is 23.4. The highest BCUT2D eigenvalue weighted by molar-refractivity contribution is 5.92. The maximum absolute atomic E-state index is 13.5. The summed E-state index contributed by atoms with van der Waals surface area (Å²) in [5, 5.41) is 0. The molecule has 0 N–H and O–H groups in total. The molecule has 3 aromatic rings. The highest BCUT2D eigenvalue weighted by Crippen LogP contribution is 2.29. The number of halogens is 3. The highest BCUT2D eigenvalue weighted by atomic mass is 19.4. The lowest BCUT2D eigenvalue weighted by atomic mass is 10.0. The van der Waals surface area contributed by atoms with Crippen LogP contribution >= 0.6 is 0 Å². The van der Waals surface area contributed by atoms with Gasteiger partial charge in [-0.3, -0.25) is 14.8 Å². The molecule has 1 saturated heterocycles. The molecule has 0 spiro atoms. The van der Waals surface area contributed by atoms with Gasteiger partial charge < -0.3 is 14.7 Å². The van der Waals surface area contributed by atoms with Crippen LogP contribution in [0.5, 0.6) is 0 Å². The first-order valence-electron chi connectivity index (χ1n) is 13.5. The fraction of sp³-hybridized carbons (Fsp3) is 0.387. The Kier molecular flexibility index (Phi) is 9.25. The van der Waals surface area contributed by atoms with Gasteiger partial charge in [-0.15, -0.1) is 0 Å². The summed E-state index contributed by atoms with van der Waals surface area (Å²) in [6, 6.07) is 11.3. The highest BCUT2D eigenvalue weighted by Gasteiger charge is 2.30. The van der Waals surface area contributed by atoms with Crippen molar-refractivity contribution < 1.29 is 18.0 Å². The third kappa shape index (κ3) is 7.47. The molecule has 0 bridgehead atoms. The van der Waals surface area contributed by atoms with Crippen LogP contribution in [0.25, 0.3) is 6.08 Å². The molecule has 9 heteroatoms. The Balaban J connectivity index is 1.55. The van der Waals surface area contributed by atoms with Crippen LogP contribution in [0.2, 0.25) is 0 Å². The minimum atomic E-state index is -4.40. The van der Waals surface area contributed by atoms with E-state index in [0.717, 1.165) is 60.7 Å². The molecule has 212 valence electrons. The van der Waals surface area contributed by atoms with Crippen molar-refractivity contribution in [1.29, 1.82) is 0 Å². The van der Waals surface area contributed by atoms with Gasteiger partial charge in [-0.25, -0.2) is 0 Å². The van der Waals surface area contributed by atoms with Gasteiger partial charge in [0.25, 0.3) is 0 Å². The molecular weight excluding hydrogens is 515 g/mol. The molecule has 6 nitrogen and oxygen atoms in total. The van der Waals surface area contributed by atoms with E-state index in [9.17, 15) is 18.0 Å². The number of amides is 1. The summed E-state index contributed by atoms with van der Waals surface area (Å²) in [7, 11) is 1.97. The van der Waals surface area contributed by atoms with E-state index in [1.807, 2.05) is 42.0 Å². The van der Waals surface area contributed by atoms with Crippen molar-refractivity contribution in [2.45, 2.75) is 58.4 Å². The number of aromatic nitrogens is 2. The summed E-state index contributed by atoms with van der Waals surface area (Å²) in [4.78, 5) is 28.6. The van der Waals surface area contributed by atoms with Gasteiger partial charge >= 0.3 is 6.18 Å². The van der Waals surface area contributed by atoms with Crippen molar-refractivity contribution in [3.63, 3.8) is 0 Å². The van der Waals surface area contributed by atoms with Crippen LogP contribution in [0.4, 0.5) is 24.5 Å². The SMILES string of the molecule is Cc1cc(N(C)c2cncc(CN(C(=O)/C=C/c3ccc(C(F)(F)F)cc3)C3CCN(C(C)C)CC3)c2)ccn1. The van der Waals surface area contributed by atoms with Crippen molar-refractivity contribution in [2.24, 2.45) is 0 Å². The smallest absolute Gasteiger partial charge is 0.343 e. The molecule has 0 saturated carbocycles. The first-order chi connectivity index (χ1) is 19.0. The van der Waals surface area contributed by atoms with Crippen LogP contribution in [0, 0.1) is 6.92 Å². The summed E-state index contributed by atoms with van der Waals surface area (Å²) in [5.74, 6) is -0.175. The van der Waals surface area contributed by atoms with Gasteiger partial charge in [0.2, 0.25) is 5.91 Å². The Morgan fingerprint density at radius 2 is 1.77 bits per heavy atom. The second-order valence-electron chi connectivity index (χ2n) is 10.5. The van der Waals surface area contributed by atoms with Crippen LogP contribution in [-0.2, 0) is 17.5 Å². The lowest BCUT2D eigenvalue weighted by molar-refractivity contribution is -0.137. The van der Waals surface area contributed by atoms with Crippen molar-refractivity contribution in [3.8, 4) is 0 Å². The fourth-order valence-electron chi connectivity index (χ4n) is 4.98. The number of alkyl halides is 3. The second-order valence-corrected chi connectivity index (χ2v) is 10.5. The first-order valence-corrected chi connectivity index (χ1v) is 13.5. The van der Waals surface area contributed by atoms with Crippen molar-refractivity contribution in [3.05, 3.63) is 89.5 Å². The predicted molar refractivity (Wildman–Crippen MR) is 152 cm³/mol. The van der Waals surface area contributed by atoms with Gasteiger partial charge in [-0.05, 0) is 81.1 Å². The van der Waals surface area contributed by atoms with E-state index in [1.165, 1.54) is 18.2 Å². The number of aryl methyl sites for hydroxylation is 1. The van der Waals surface area contributed by atoms with E-state index in [-0.39, 0.29) is 11.9 Å². The lowest BCUT2D eigenvalue weighted by Gasteiger charge is -2.39. The monoisotopic (exact) mass is 551 g/mol. The number of likely N-dealkylation sites (tertiary alicyclic amines) is 1. The van der Waals surface area contributed by atoms with Gasteiger partial charge in [0.05, 0.1) is 17.4 Å². The summed E-state index contributed by atoms with van der Waals surface area (Å²) in [6.45, 7) is 8.47. The molecule has 0 radical (unpaired) electrons. The van der Waals surface area contributed by atoms with Gasteiger partial charge in [0, 0.05) is 68.6 Å². The number of nitrogens with zero attached hydrogens (tertiary/aromatic N) is 5. The molecule has 0 aliphatic carbocycles. The van der Waals surface area contributed by atoms with Crippen LogP contribution in [0.1, 0.15) is 49.1 Å². The van der Waals surface area contributed by atoms with Gasteiger partial charge in [0.1, 0.15) is 0 Å². The van der Waals surface area contributed by atoms with Crippen molar-refractivity contribution in [2.75, 3.05) is 25.0 Å². The maximum atomic E-state index is 13.5. The Morgan fingerprint density at radius 1 is 1.07 bits per heavy atom. The molecule has 0 unspecified atom stereocenters. The molecule has 1 fully saturated rings. The number of hydrogen-bond donors (Lipinski definition) is 0. The lowest BCUT2D eigenvalue weighted by Crippen LogP contribution is -2.48. The van der Waals surface area contributed by atoms with Crippen molar-refractivity contribution in [1.82, 2.24) is 19.8 Å². The maximum Gasteiger partial charge on any atom is 0.416 e. The van der Waals surface area contributed by atoms with Crippen LogP contribution in [0.15, 0.2) is 67.1 Å². The van der Waals surface area contributed by atoms with E-state index >= 15 is 0 Å². The Hall–Kier alpha value is -3.72. The van der Waals surface area contributed by atoms with Crippen LogP contribution in [-0.4, -0.2) is 57.9 Å². The quantitative estimate of drug-likeness (QED) is 0.300. The number of carbonyl (C=O) groups excluding carboxylic acids is 1. The van der Waals surface area contributed by atoms with Crippen LogP contribution in [0.3, 0.4) is 0 Å². The number of pyridine rings is 2. The number of carbonyl (C=O) groups is 1. The second kappa shape index (κ2) is 12.6. The summed E-state index contributed by atoms with van der Waals surface area (Å²) >= 11 is 0. The molecule has 0 atom stereocenters. The minimum absolute atomic E-state index is 0.0454. The third-order valence-electron chi connectivity index (χ3n) is 7.40. The van der Waals surface area contributed by atoms with E-state index in [2.05, 4.69) is 28.7 Å². The number of hydrogen-bond acceptors (Lipinski definition) is 5. The molecular formula is C31H36F3N5O. The standard InChI is InChI=1S/C31H36F3N5O/c1-22(2)38-15-12-27(13-16-38)39(30(40)10-7-24-5-8-26(9-6-24)31(32,33)34)21-25-18-29(20-35-19-25)37(4)28-11-14-36-23(3)17-28/h5-11,14,17-20,22,27H,12-13,15-16,21H2,1-4H3/b10-7+. The molecule has 4 rings (SSSR count). The third-order valence-corrected chi connectivity index (χ3v) is 7.40. The Labute approximate surface area is 234 Å². The van der Waals surface area contributed by atoms with Crippen LogP contribution < -0.4 is 4.90 Å². The average molecular weight is 552 g/mol. The summed E-state index contributed by atoms with van der Waals surface area (Å²) < 4.78 is 38.8. The summed E-state index contributed by atoms with van der Waals surface area (Å²) in [6.07, 6.45) is 5.67. The average Bonchev–Trinajstić information content (AvgIpc) is 2.94. The Morgan fingerprint density at radius 3 is 2.40 bits per heavy atom. The zero-order chi connectivity index (χ0) is 28.9. The zero-order valence-corrected chi connectivity index (χ0v) is 23.4. The largest absolute Gasteiger partial charge is 0.416 e. The van der Waals surface area contributed by atoms with Gasteiger partial charge in [0.15, 0.2) is 0 Å². The Bertz CT molecular complexity index is 1320. The van der Waals surface area contributed by atoms with E-state index in [1.54, 1.807) is 24.7 Å². The number of piperidine rings is 1. The predicted octanol–water partition coefficient (Wildman–Crippen LogP) is 6.49.